The van der Waals surface area contributed by atoms with E-state index >= 15 is 0 Å². The summed E-state index contributed by atoms with van der Waals surface area (Å²) in [5.41, 5.74) is 8.39. The number of nitrogens with zero attached hydrogens (tertiary/aromatic N) is 2. The minimum Gasteiger partial charge on any atom is -0.399 e. The smallest absolute Gasteiger partial charge is 0.244 e. The van der Waals surface area contributed by atoms with Gasteiger partial charge in [-0.1, -0.05) is 12.1 Å². The fourth-order valence-corrected chi connectivity index (χ4v) is 1.82. The van der Waals surface area contributed by atoms with Crippen LogP contribution in [0.1, 0.15) is 19.9 Å². The van der Waals surface area contributed by atoms with Crippen molar-refractivity contribution >= 4 is 11.6 Å². The molecule has 100 valence electrons. The first-order valence-electron chi connectivity index (χ1n) is 6.29. The van der Waals surface area contributed by atoms with Crippen molar-refractivity contribution in [3.63, 3.8) is 0 Å². The summed E-state index contributed by atoms with van der Waals surface area (Å²) in [7, 11) is 0. The maximum Gasteiger partial charge on any atom is 0.244 e. The van der Waals surface area contributed by atoms with Crippen LogP contribution in [0.2, 0.25) is 0 Å². The first-order valence-corrected chi connectivity index (χ1v) is 6.29. The molecule has 1 aromatic heterocycles. The Morgan fingerprint density at radius 1 is 1.37 bits per heavy atom. The number of nitrogens with one attached hydrogen (secondary N) is 1. The molecule has 0 saturated heterocycles. The molecular weight excluding hydrogens is 240 g/mol. The first-order chi connectivity index (χ1) is 9.11. The van der Waals surface area contributed by atoms with Crippen molar-refractivity contribution < 1.29 is 4.79 Å². The molecule has 0 aliphatic carbocycles. The average molecular weight is 258 g/mol. The molecule has 1 atom stereocenters. The molecule has 3 N–H and O–H groups in total. The van der Waals surface area contributed by atoms with Crippen molar-refractivity contribution in [1.29, 1.82) is 0 Å². The molecule has 0 aliphatic rings. The van der Waals surface area contributed by atoms with E-state index in [1.54, 1.807) is 10.9 Å². The van der Waals surface area contributed by atoms with E-state index < -0.39 is 0 Å². The number of benzene rings is 1. The normalized spacial score (nSPS) is 12.1. The average Bonchev–Trinajstić information content (AvgIpc) is 2.88. The van der Waals surface area contributed by atoms with Crippen LogP contribution in [0.4, 0.5) is 5.69 Å². The summed E-state index contributed by atoms with van der Waals surface area (Å²) in [5.74, 6) is -0.0329. The number of likely N-dealkylation sites (N-methyl/N-ethyl adjacent to an activating group) is 1. The maximum atomic E-state index is 11.7. The van der Waals surface area contributed by atoms with Gasteiger partial charge in [-0.25, -0.2) is 0 Å². The fraction of sp³-hybridized carbons (Fsp3) is 0.286. The van der Waals surface area contributed by atoms with Crippen LogP contribution in [-0.2, 0) is 4.79 Å². The van der Waals surface area contributed by atoms with Crippen molar-refractivity contribution in [2.45, 2.75) is 19.9 Å². The summed E-state index contributed by atoms with van der Waals surface area (Å²) >= 11 is 0. The summed E-state index contributed by atoms with van der Waals surface area (Å²) in [6.07, 6.45) is 3.62. The van der Waals surface area contributed by atoms with E-state index in [1.807, 2.05) is 44.3 Å². The third-order valence-corrected chi connectivity index (χ3v) is 2.97. The van der Waals surface area contributed by atoms with E-state index in [-0.39, 0.29) is 11.9 Å². The lowest BCUT2D eigenvalue weighted by Gasteiger charge is -2.11. The predicted octanol–water partition coefficient (Wildman–Crippen LogP) is 1.83. The Labute approximate surface area is 112 Å². The number of amides is 1. The highest BCUT2D eigenvalue weighted by molar-refractivity contribution is 5.79. The molecule has 0 radical (unpaired) electrons. The van der Waals surface area contributed by atoms with Gasteiger partial charge in [-0.2, -0.15) is 5.10 Å². The van der Waals surface area contributed by atoms with E-state index in [9.17, 15) is 4.79 Å². The van der Waals surface area contributed by atoms with Gasteiger partial charge < -0.3 is 11.1 Å². The van der Waals surface area contributed by atoms with Gasteiger partial charge in [0.2, 0.25) is 5.91 Å². The predicted molar refractivity (Wildman–Crippen MR) is 75.5 cm³/mol. The molecule has 1 aromatic carbocycles. The molecule has 1 amide bonds. The van der Waals surface area contributed by atoms with E-state index in [1.165, 1.54) is 0 Å². The molecular formula is C14H18N4O. The van der Waals surface area contributed by atoms with Crippen LogP contribution in [0.3, 0.4) is 0 Å². The lowest BCUT2D eigenvalue weighted by Crippen LogP contribution is -2.30. The summed E-state index contributed by atoms with van der Waals surface area (Å²) < 4.78 is 1.66. The van der Waals surface area contributed by atoms with E-state index in [4.69, 9.17) is 5.73 Å². The number of carbonyl (C=O) groups is 1. The van der Waals surface area contributed by atoms with Crippen molar-refractivity contribution in [1.82, 2.24) is 15.1 Å². The summed E-state index contributed by atoms with van der Waals surface area (Å²) in [5, 5.41) is 7.03. The number of hydrogen-bond donors (Lipinski definition) is 2. The van der Waals surface area contributed by atoms with E-state index in [0.717, 1.165) is 16.8 Å². The van der Waals surface area contributed by atoms with E-state index in [0.29, 0.717) is 6.54 Å². The highest BCUT2D eigenvalue weighted by Gasteiger charge is 2.15. The van der Waals surface area contributed by atoms with Crippen molar-refractivity contribution in [2.24, 2.45) is 0 Å². The van der Waals surface area contributed by atoms with Crippen LogP contribution < -0.4 is 11.1 Å². The Morgan fingerprint density at radius 2 is 2.05 bits per heavy atom. The Bertz CT molecular complexity index is 559. The molecule has 0 bridgehead atoms. The van der Waals surface area contributed by atoms with Crippen LogP contribution in [0.25, 0.3) is 11.1 Å². The second-order valence-electron chi connectivity index (χ2n) is 4.40. The Kier molecular flexibility index (Phi) is 3.85. The number of aromatic nitrogens is 2. The van der Waals surface area contributed by atoms with Crippen LogP contribution in [-0.4, -0.2) is 22.2 Å². The molecule has 5 nitrogen and oxygen atoms in total. The van der Waals surface area contributed by atoms with Gasteiger partial charge in [0.1, 0.15) is 6.04 Å². The number of anilines is 1. The minimum atomic E-state index is -0.317. The summed E-state index contributed by atoms with van der Waals surface area (Å²) in [6, 6.07) is 7.25. The van der Waals surface area contributed by atoms with Crippen LogP contribution in [0.15, 0.2) is 36.7 Å². The molecule has 0 aliphatic heterocycles. The first kappa shape index (κ1) is 13.1. The zero-order valence-corrected chi connectivity index (χ0v) is 11.1. The highest BCUT2D eigenvalue weighted by Crippen LogP contribution is 2.21. The lowest BCUT2D eigenvalue weighted by molar-refractivity contribution is -0.124. The van der Waals surface area contributed by atoms with Crippen LogP contribution >= 0.6 is 0 Å². The third-order valence-electron chi connectivity index (χ3n) is 2.97. The molecule has 1 heterocycles. The van der Waals surface area contributed by atoms with Gasteiger partial charge in [0.15, 0.2) is 0 Å². The highest BCUT2D eigenvalue weighted by atomic mass is 16.2. The van der Waals surface area contributed by atoms with Gasteiger partial charge in [-0.05, 0) is 31.5 Å². The topological polar surface area (TPSA) is 72.9 Å². The van der Waals surface area contributed by atoms with Gasteiger partial charge >= 0.3 is 0 Å². The molecule has 0 spiro atoms. The molecule has 2 rings (SSSR count). The SMILES string of the molecule is CCNC(=O)C(C)n1cc(-c2ccc(N)cc2)cn1. The number of hydrogen-bond acceptors (Lipinski definition) is 3. The maximum absolute atomic E-state index is 11.7. The number of rotatable bonds is 4. The molecule has 1 unspecified atom stereocenters. The monoisotopic (exact) mass is 258 g/mol. The van der Waals surface area contributed by atoms with Gasteiger partial charge in [-0.15, -0.1) is 0 Å². The van der Waals surface area contributed by atoms with Gasteiger partial charge in [-0.3, -0.25) is 9.48 Å². The van der Waals surface area contributed by atoms with Gasteiger partial charge in [0.25, 0.3) is 0 Å². The number of carbonyl (C=O) groups excluding carboxylic acids is 1. The lowest BCUT2D eigenvalue weighted by atomic mass is 10.1. The quantitative estimate of drug-likeness (QED) is 0.822. The van der Waals surface area contributed by atoms with E-state index in [2.05, 4.69) is 10.4 Å². The molecule has 19 heavy (non-hydrogen) atoms. The zero-order valence-electron chi connectivity index (χ0n) is 11.1. The fourth-order valence-electron chi connectivity index (χ4n) is 1.82. The Balaban J connectivity index is 2.19. The second-order valence-corrected chi connectivity index (χ2v) is 4.40. The third kappa shape index (κ3) is 2.93. The molecule has 5 heteroatoms. The van der Waals surface area contributed by atoms with Gasteiger partial charge in [0, 0.05) is 24.0 Å². The zero-order chi connectivity index (χ0) is 13.8. The minimum absolute atomic E-state index is 0.0329. The molecule has 2 aromatic rings. The number of nitrogens with two attached hydrogens (primary N) is 1. The van der Waals surface area contributed by atoms with Crippen LogP contribution in [0, 0.1) is 0 Å². The molecule has 0 fully saturated rings. The standard InChI is InChI=1S/C14H18N4O/c1-3-16-14(19)10(2)18-9-12(8-17-18)11-4-6-13(15)7-5-11/h4-10H,3,15H2,1-2H3,(H,16,19). The molecule has 0 saturated carbocycles. The number of nitrogen functional groups attached to an aromatic ring is 1. The summed E-state index contributed by atoms with van der Waals surface area (Å²) in [4.78, 5) is 11.7. The second kappa shape index (κ2) is 5.56. The Hall–Kier alpha value is -2.30. The van der Waals surface area contributed by atoms with Gasteiger partial charge in [0.05, 0.1) is 6.20 Å². The van der Waals surface area contributed by atoms with Crippen molar-refractivity contribution in [2.75, 3.05) is 12.3 Å². The van der Waals surface area contributed by atoms with Crippen molar-refractivity contribution in [3.8, 4) is 11.1 Å². The summed E-state index contributed by atoms with van der Waals surface area (Å²) in [6.45, 7) is 4.34. The Morgan fingerprint density at radius 3 is 2.68 bits per heavy atom. The van der Waals surface area contributed by atoms with Crippen LogP contribution in [0.5, 0.6) is 0 Å². The largest absolute Gasteiger partial charge is 0.399 e. The van der Waals surface area contributed by atoms with Crippen molar-refractivity contribution in [3.05, 3.63) is 36.7 Å².